The third-order valence-corrected chi connectivity index (χ3v) is 5.71. The Labute approximate surface area is 160 Å². The van der Waals surface area contributed by atoms with E-state index in [1.54, 1.807) is 17.1 Å². The Morgan fingerprint density at radius 3 is 2.62 bits per heavy atom. The maximum absolute atomic E-state index is 13.3. The molecule has 0 atom stereocenters. The van der Waals surface area contributed by atoms with Crippen LogP contribution in [-0.4, -0.2) is 34.8 Å². The van der Waals surface area contributed by atoms with E-state index in [9.17, 15) is 4.79 Å². The molecule has 2 aromatic rings. The molecule has 4 rings (SSSR count). The minimum Gasteiger partial charge on any atom is -0.375 e. The maximum atomic E-state index is 13.3. The quantitative estimate of drug-likeness (QED) is 0.815. The van der Waals surface area contributed by atoms with Gasteiger partial charge in [-0.05, 0) is 24.1 Å². The van der Waals surface area contributed by atoms with E-state index in [-0.39, 0.29) is 5.56 Å². The van der Waals surface area contributed by atoms with Crippen molar-refractivity contribution in [1.82, 2.24) is 14.5 Å². The van der Waals surface area contributed by atoms with E-state index in [1.165, 1.54) is 5.56 Å². The SMILES string of the molecule is CCc1ccc(-n2cnc3c(c2=O)=C2[SH]N=CC(Cl)=C2C=3N(C)C)cc1. The third-order valence-electron chi connectivity index (χ3n) is 4.54. The number of aromatic nitrogens is 2. The lowest BCUT2D eigenvalue weighted by molar-refractivity contribution is 0.587. The van der Waals surface area contributed by atoms with Crippen molar-refractivity contribution < 1.29 is 0 Å². The van der Waals surface area contributed by atoms with Gasteiger partial charge in [0, 0.05) is 24.6 Å². The zero-order valence-electron chi connectivity index (χ0n) is 14.7. The number of nitrogens with zero attached hydrogens (tertiary/aromatic N) is 4. The number of allylic oxidation sites excluding steroid dienone is 1. The van der Waals surface area contributed by atoms with Gasteiger partial charge >= 0.3 is 0 Å². The number of halogens is 1. The number of likely N-dealkylation sites (N-methyl/N-ethyl adjacent to an activating group) is 1. The first kappa shape index (κ1) is 17.1. The fourth-order valence-corrected chi connectivity index (χ4v) is 4.53. The number of thiol groups is 1. The van der Waals surface area contributed by atoms with Crippen LogP contribution in [0, 0.1) is 0 Å². The number of hydrogen-bond donors (Lipinski definition) is 1. The highest BCUT2D eigenvalue weighted by Crippen LogP contribution is 2.39. The molecule has 133 valence electrons. The molecule has 0 saturated carbocycles. The van der Waals surface area contributed by atoms with Crippen molar-refractivity contribution in [1.29, 1.82) is 0 Å². The molecule has 0 spiro atoms. The van der Waals surface area contributed by atoms with E-state index in [0.717, 1.165) is 28.3 Å². The average molecular weight is 386 g/mol. The van der Waals surface area contributed by atoms with Gasteiger partial charge in [-0.2, -0.15) is 0 Å². The van der Waals surface area contributed by atoms with E-state index in [2.05, 4.69) is 16.3 Å². The van der Waals surface area contributed by atoms with Gasteiger partial charge in [0.05, 0.1) is 27.8 Å². The molecule has 1 aliphatic carbocycles. The van der Waals surface area contributed by atoms with Crippen molar-refractivity contribution in [3.63, 3.8) is 0 Å². The highest BCUT2D eigenvalue weighted by atomic mass is 35.5. The molecular formula is C19H18ClN4OS. The van der Waals surface area contributed by atoms with Crippen molar-refractivity contribution >= 4 is 40.4 Å². The summed E-state index contributed by atoms with van der Waals surface area (Å²) in [5, 5.41) is 1.80. The highest BCUT2D eigenvalue weighted by Gasteiger charge is 2.29. The standard InChI is InChI=1S/C19H18ClN4OS/c1-4-11-5-7-12(8-6-11)24-10-21-16-15(19(24)25)18-14(17(16)23(2)3)13(20)9-22-26-18/h5-10,26H,4H2,1-3H3. The second-order valence-corrected chi connectivity index (χ2v) is 7.61. The normalized spacial score (nSPS) is 15.4. The fraction of sp³-hybridized carbons (Fsp3) is 0.211. The molecule has 0 saturated heterocycles. The first-order valence-electron chi connectivity index (χ1n) is 8.30. The molecule has 1 aromatic carbocycles. The van der Waals surface area contributed by atoms with Crippen LogP contribution in [-0.2, 0) is 6.42 Å². The van der Waals surface area contributed by atoms with Gasteiger partial charge in [0.2, 0.25) is 0 Å². The van der Waals surface area contributed by atoms with E-state index in [4.69, 9.17) is 11.6 Å². The summed E-state index contributed by atoms with van der Waals surface area (Å²) in [4.78, 5) is 20.7. The summed E-state index contributed by atoms with van der Waals surface area (Å²) in [5.74, 6) is 0. The minimum atomic E-state index is -0.0994. The third kappa shape index (κ3) is 2.52. The highest BCUT2D eigenvalue weighted by molar-refractivity contribution is 8.07. The van der Waals surface area contributed by atoms with Crippen molar-refractivity contribution in [3.8, 4) is 5.69 Å². The van der Waals surface area contributed by atoms with Crippen molar-refractivity contribution in [2.45, 2.75) is 13.3 Å². The van der Waals surface area contributed by atoms with Crippen molar-refractivity contribution in [3.05, 3.63) is 67.7 Å². The molecule has 2 heterocycles. The van der Waals surface area contributed by atoms with Crippen LogP contribution < -0.4 is 16.1 Å². The molecule has 5 nitrogen and oxygen atoms in total. The molecule has 0 fully saturated rings. The molecular weight excluding hydrogens is 368 g/mol. The Morgan fingerprint density at radius 2 is 1.96 bits per heavy atom. The van der Waals surface area contributed by atoms with Crippen LogP contribution in [0.2, 0.25) is 0 Å². The minimum absolute atomic E-state index is 0.0994. The predicted molar refractivity (Wildman–Crippen MR) is 109 cm³/mol. The Kier molecular flexibility index (Phi) is 4.25. The Bertz CT molecular complexity index is 1140. The van der Waals surface area contributed by atoms with Gasteiger partial charge in [-0.15, -0.1) is 0 Å². The van der Waals surface area contributed by atoms with Crippen LogP contribution in [0.25, 0.3) is 16.3 Å². The summed E-state index contributed by atoms with van der Waals surface area (Å²) in [6, 6.07) is 7.96. The van der Waals surface area contributed by atoms with Crippen molar-refractivity contribution in [2.24, 2.45) is 4.40 Å². The number of hydrogen-bond acceptors (Lipinski definition) is 4. The summed E-state index contributed by atoms with van der Waals surface area (Å²) < 4.78 is 5.86. The summed E-state index contributed by atoms with van der Waals surface area (Å²) in [7, 11) is 3.86. The Morgan fingerprint density at radius 1 is 1.23 bits per heavy atom. The number of rotatable bonds is 3. The number of fused-ring (bicyclic) bond motifs is 2. The van der Waals surface area contributed by atoms with Gasteiger partial charge in [0.25, 0.3) is 5.56 Å². The zero-order chi connectivity index (χ0) is 18.4. The van der Waals surface area contributed by atoms with Crippen LogP contribution >= 0.6 is 23.5 Å². The van der Waals surface area contributed by atoms with Gasteiger partial charge in [-0.1, -0.05) is 42.6 Å². The topological polar surface area (TPSA) is 50.5 Å². The van der Waals surface area contributed by atoms with E-state index in [0.29, 0.717) is 27.5 Å². The molecule has 7 heteroatoms. The summed E-state index contributed by atoms with van der Waals surface area (Å²) in [6.07, 6.45) is 4.19. The predicted octanol–water partition coefficient (Wildman–Crippen LogP) is 1.54. The van der Waals surface area contributed by atoms with E-state index < -0.39 is 0 Å². The zero-order valence-corrected chi connectivity index (χ0v) is 16.3. The first-order chi connectivity index (χ1) is 12.5. The summed E-state index contributed by atoms with van der Waals surface area (Å²) in [6.45, 7) is 2.10. The largest absolute Gasteiger partial charge is 0.375 e. The number of benzene rings is 1. The monoisotopic (exact) mass is 385 g/mol. The molecule has 1 radical (unpaired) electrons. The van der Waals surface area contributed by atoms with E-state index >= 15 is 0 Å². The van der Waals surface area contributed by atoms with Crippen LogP contribution in [0.15, 0.2) is 50.4 Å². The van der Waals surface area contributed by atoms with Crippen LogP contribution in [0.5, 0.6) is 0 Å². The van der Waals surface area contributed by atoms with Crippen LogP contribution in [0.4, 0.5) is 0 Å². The van der Waals surface area contributed by atoms with Gasteiger partial charge < -0.3 is 4.90 Å². The van der Waals surface area contributed by atoms with Crippen LogP contribution in [0.3, 0.4) is 0 Å². The lowest BCUT2D eigenvalue weighted by atomic mass is 10.1. The lowest BCUT2D eigenvalue weighted by Crippen LogP contribution is -2.46. The molecule has 2 aliphatic rings. The van der Waals surface area contributed by atoms with Crippen LogP contribution in [0.1, 0.15) is 12.5 Å². The maximum Gasteiger partial charge on any atom is 0.267 e. The van der Waals surface area contributed by atoms with Crippen molar-refractivity contribution in [2.75, 3.05) is 14.1 Å². The van der Waals surface area contributed by atoms with Gasteiger partial charge in [-0.25, -0.2) is 9.38 Å². The molecule has 0 amide bonds. The summed E-state index contributed by atoms with van der Waals surface area (Å²) >= 11 is 7.12. The Balaban J connectivity index is 2.05. The fourth-order valence-electron chi connectivity index (χ4n) is 3.24. The van der Waals surface area contributed by atoms with Gasteiger partial charge in [0.1, 0.15) is 11.7 Å². The average Bonchev–Trinajstić information content (AvgIpc) is 2.99. The molecule has 0 N–H and O–H groups in total. The smallest absolute Gasteiger partial charge is 0.267 e. The Hall–Kier alpha value is -2.31. The molecule has 1 aromatic heterocycles. The summed E-state index contributed by atoms with van der Waals surface area (Å²) in [5.41, 5.74) is 3.65. The molecule has 1 aliphatic heterocycles. The first-order valence-corrected chi connectivity index (χ1v) is 9.53. The number of aryl methyl sites for hydroxylation is 1. The molecule has 26 heavy (non-hydrogen) atoms. The second-order valence-electron chi connectivity index (χ2n) is 6.32. The van der Waals surface area contributed by atoms with E-state index in [1.807, 2.05) is 43.3 Å². The van der Waals surface area contributed by atoms with Gasteiger partial charge in [0.15, 0.2) is 0 Å². The molecule has 0 unspecified atom stereocenters. The molecule has 0 bridgehead atoms. The lowest BCUT2D eigenvalue weighted by Gasteiger charge is -2.19. The van der Waals surface area contributed by atoms with Gasteiger partial charge in [-0.3, -0.25) is 9.36 Å². The second kappa shape index (κ2) is 6.45.